The molecular weight excluding hydrogens is 523 g/mol. The van der Waals surface area contributed by atoms with E-state index in [1.54, 1.807) is 17.3 Å². The number of ether oxygens (including phenoxy) is 1. The lowest BCUT2D eigenvalue weighted by atomic mass is 10.2. The van der Waals surface area contributed by atoms with Crippen LogP contribution in [0.1, 0.15) is 12.8 Å². The zero-order valence-electron chi connectivity index (χ0n) is 18.4. The number of amides is 1. The van der Waals surface area contributed by atoms with E-state index < -0.39 is 16.1 Å². The molecule has 1 amide bonds. The molecule has 12 heteroatoms. The van der Waals surface area contributed by atoms with Crippen molar-refractivity contribution in [2.45, 2.75) is 23.8 Å². The number of pyridine rings is 1. The van der Waals surface area contributed by atoms with Crippen LogP contribution in [0.4, 0.5) is 5.69 Å². The Labute approximate surface area is 214 Å². The van der Waals surface area contributed by atoms with Gasteiger partial charge in [0.25, 0.3) is 0 Å². The molecule has 4 rings (SSSR count). The molecule has 0 N–H and O–H groups in total. The van der Waals surface area contributed by atoms with Crippen LogP contribution in [0.2, 0.25) is 15.1 Å². The summed E-state index contributed by atoms with van der Waals surface area (Å²) in [5.41, 5.74) is 1.08. The molecule has 2 fully saturated rings. The Morgan fingerprint density at radius 2 is 1.68 bits per heavy atom. The number of rotatable bonds is 7. The van der Waals surface area contributed by atoms with Crippen LogP contribution in [0.15, 0.2) is 41.6 Å². The number of nitrogens with zero attached hydrogens (tertiary/aromatic N) is 4. The number of aromatic nitrogens is 1. The summed E-state index contributed by atoms with van der Waals surface area (Å²) in [5, 5.41) is 0.214. The summed E-state index contributed by atoms with van der Waals surface area (Å²) in [6, 6.07) is 6.22. The molecule has 2 saturated heterocycles. The third-order valence-electron chi connectivity index (χ3n) is 6.05. The predicted molar refractivity (Wildman–Crippen MR) is 132 cm³/mol. The molecule has 8 nitrogen and oxygen atoms in total. The Bertz CT molecular complexity index is 1110. The predicted octanol–water partition coefficient (Wildman–Crippen LogP) is 3.56. The van der Waals surface area contributed by atoms with Gasteiger partial charge in [-0.3, -0.25) is 9.78 Å². The fourth-order valence-corrected chi connectivity index (χ4v) is 7.50. The van der Waals surface area contributed by atoms with Crippen LogP contribution in [0, 0.1) is 0 Å². The summed E-state index contributed by atoms with van der Waals surface area (Å²) < 4.78 is 33.6. The largest absolute Gasteiger partial charge is 0.370 e. The number of sulfonamides is 1. The maximum atomic E-state index is 13.3. The van der Waals surface area contributed by atoms with Gasteiger partial charge in [0.2, 0.25) is 15.9 Å². The second kappa shape index (κ2) is 11.0. The normalized spacial score (nSPS) is 19.6. The van der Waals surface area contributed by atoms with Gasteiger partial charge in [0.1, 0.15) is 11.5 Å². The SMILES string of the molecule is O=C(COCC1CCCN1S(=O)(=O)c1c(Cl)cc(Cl)cc1Cl)N1CCN(c2ccncc2)CC1. The number of halogens is 3. The standard InChI is InChI=1S/C22H25Cl3N4O4S/c23-16-12-19(24)22(20(25)13-16)34(31,32)29-7-1-2-18(29)14-33-15-21(30)28-10-8-27(9-11-28)17-3-5-26-6-4-17/h3-6,12-13,18H,1-2,7-11,14-15H2. The van der Waals surface area contributed by atoms with E-state index in [4.69, 9.17) is 39.5 Å². The highest BCUT2D eigenvalue weighted by Crippen LogP contribution is 2.37. The molecular formula is C22H25Cl3N4O4S. The third-order valence-corrected chi connectivity index (χ3v) is 9.14. The molecule has 0 spiro atoms. The maximum Gasteiger partial charge on any atom is 0.248 e. The smallest absolute Gasteiger partial charge is 0.248 e. The molecule has 0 saturated carbocycles. The first kappa shape index (κ1) is 25.5. The van der Waals surface area contributed by atoms with Crippen LogP contribution in [0.5, 0.6) is 0 Å². The lowest BCUT2D eigenvalue weighted by Crippen LogP contribution is -2.50. The number of carbonyl (C=O) groups excluding carboxylic acids is 1. The van der Waals surface area contributed by atoms with Gasteiger partial charge in [0.05, 0.1) is 16.7 Å². The molecule has 0 radical (unpaired) electrons. The molecule has 1 aromatic heterocycles. The maximum absolute atomic E-state index is 13.3. The van der Waals surface area contributed by atoms with Gasteiger partial charge in [0.15, 0.2) is 0 Å². The van der Waals surface area contributed by atoms with Crippen molar-refractivity contribution in [1.29, 1.82) is 0 Å². The highest BCUT2D eigenvalue weighted by atomic mass is 35.5. The number of carbonyl (C=O) groups is 1. The molecule has 1 aromatic carbocycles. The van der Waals surface area contributed by atoms with E-state index in [2.05, 4.69) is 9.88 Å². The van der Waals surface area contributed by atoms with E-state index in [-0.39, 0.29) is 39.1 Å². The number of benzene rings is 1. The van der Waals surface area contributed by atoms with Gasteiger partial charge in [-0.05, 0) is 37.1 Å². The van der Waals surface area contributed by atoms with E-state index in [9.17, 15) is 13.2 Å². The molecule has 2 aliphatic heterocycles. The van der Waals surface area contributed by atoms with Crippen molar-refractivity contribution in [3.63, 3.8) is 0 Å². The van der Waals surface area contributed by atoms with E-state index in [1.165, 1.54) is 16.4 Å². The van der Waals surface area contributed by atoms with E-state index >= 15 is 0 Å². The fourth-order valence-electron chi connectivity index (χ4n) is 4.33. The molecule has 3 heterocycles. The molecule has 1 atom stereocenters. The second-order valence-electron chi connectivity index (χ2n) is 8.20. The topological polar surface area (TPSA) is 83.0 Å². The molecule has 34 heavy (non-hydrogen) atoms. The Balaban J connectivity index is 1.30. The molecule has 1 unspecified atom stereocenters. The average Bonchev–Trinajstić information content (AvgIpc) is 3.28. The Morgan fingerprint density at radius 1 is 1.03 bits per heavy atom. The van der Waals surface area contributed by atoms with E-state index in [1.807, 2.05) is 12.1 Å². The molecule has 0 aliphatic carbocycles. The average molecular weight is 548 g/mol. The van der Waals surface area contributed by atoms with Crippen molar-refractivity contribution >= 4 is 56.4 Å². The highest BCUT2D eigenvalue weighted by Gasteiger charge is 2.38. The lowest BCUT2D eigenvalue weighted by molar-refractivity contribution is -0.136. The van der Waals surface area contributed by atoms with Crippen molar-refractivity contribution in [1.82, 2.24) is 14.2 Å². The third kappa shape index (κ3) is 5.61. The van der Waals surface area contributed by atoms with Crippen molar-refractivity contribution in [2.24, 2.45) is 0 Å². The molecule has 0 bridgehead atoms. The minimum atomic E-state index is -3.94. The first-order chi connectivity index (χ1) is 16.3. The van der Waals surface area contributed by atoms with Crippen molar-refractivity contribution < 1.29 is 17.9 Å². The van der Waals surface area contributed by atoms with Gasteiger partial charge < -0.3 is 14.5 Å². The number of piperazine rings is 1. The van der Waals surface area contributed by atoms with Crippen molar-refractivity contribution in [3.8, 4) is 0 Å². The Morgan fingerprint density at radius 3 is 2.32 bits per heavy atom. The fraction of sp³-hybridized carbons (Fsp3) is 0.455. The van der Waals surface area contributed by atoms with Crippen LogP contribution in [-0.2, 0) is 19.6 Å². The van der Waals surface area contributed by atoms with Gasteiger partial charge in [-0.2, -0.15) is 4.31 Å². The Kier molecular flexibility index (Phi) is 8.22. The van der Waals surface area contributed by atoms with Gasteiger partial charge in [-0.1, -0.05) is 34.8 Å². The van der Waals surface area contributed by atoms with Gasteiger partial charge in [-0.15, -0.1) is 0 Å². The van der Waals surface area contributed by atoms with Crippen LogP contribution in [-0.4, -0.2) is 80.5 Å². The summed E-state index contributed by atoms with van der Waals surface area (Å²) in [6.45, 7) is 3.01. The summed E-state index contributed by atoms with van der Waals surface area (Å²) in [5.74, 6) is -0.106. The highest BCUT2D eigenvalue weighted by molar-refractivity contribution is 7.89. The zero-order valence-corrected chi connectivity index (χ0v) is 21.5. The zero-order chi connectivity index (χ0) is 24.3. The molecule has 2 aliphatic rings. The van der Waals surface area contributed by atoms with E-state index in [0.717, 1.165) is 18.8 Å². The minimum absolute atomic E-state index is 0.0230. The van der Waals surface area contributed by atoms with Gasteiger partial charge in [-0.25, -0.2) is 8.42 Å². The van der Waals surface area contributed by atoms with Crippen LogP contribution in [0.25, 0.3) is 0 Å². The van der Waals surface area contributed by atoms with Crippen molar-refractivity contribution in [3.05, 3.63) is 51.7 Å². The van der Waals surface area contributed by atoms with Crippen LogP contribution < -0.4 is 4.90 Å². The quantitative estimate of drug-likeness (QED) is 0.527. The second-order valence-corrected chi connectivity index (χ2v) is 11.3. The van der Waals surface area contributed by atoms with Crippen LogP contribution >= 0.6 is 34.8 Å². The van der Waals surface area contributed by atoms with Crippen molar-refractivity contribution in [2.75, 3.05) is 50.8 Å². The molecule has 184 valence electrons. The summed E-state index contributed by atoms with van der Waals surface area (Å²) in [4.78, 5) is 20.5. The first-order valence-corrected chi connectivity index (χ1v) is 13.5. The van der Waals surface area contributed by atoms with Gasteiger partial charge in [0, 0.05) is 61.9 Å². The summed E-state index contributed by atoms with van der Waals surface area (Å²) in [6.07, 6.45) is 4.81. The van der Waals surface area contributed by atoms with Crippen LogP contribution in [0.3, 0.4) is 0 Å². The van der Waals surface area contributed by atoms with Gasteiger partial charge >= 0.3 is 0 Å². The van der Waals surface area contributed by atoms with E-state index in [0.29, 0.717) is 32.5 Å². The first-order valence-electron chi connectivity index (χ1n) is 10.9. The number of anilines is 1. The number of hydrogen-bond acceptors (Lipinski definition) is 6. The number of hydrogen-bond donors (Lipinski definition) is 0. The summed E-state index contributed by atoms with van der Waals surface area (Å²) in [7, 11) is -3.94. The summed E-state index contributed by atoms with van der Waals surface area (Å²) >= 11 is 18.3. The molecule has 2 aromatic rings. The monoisotopic (exact) mass is 546 g/mol. The Hall–Kier alpha value is -1.62. The minimum Gasteiger partial charge on any atom is -0.370 e. The lowest BCUT2D eigenvalue weighted by Gasteiger charge is -2.36.